The smallest absolute Gasteiger partial charge is 0.264 e. The second kappa shape index (κ2) is 14.5. The number of anilines is 1. The third-order valence-corrected chi connectivity index (χ3v) is 8.58. The number of halogens is 3. The Hall–Kier alpha value is -3.34. The molecule has 3 aromatic rings. The van der Waals surface area contributed by atoms with Gasteiger partial charge in [0, 0.05) is 23.1 Å². The molecule has 0 unspecified atom stereocenters. The predicted molar refractivity (Wildman–Crippen MR) is 158 cm³/mol. The Labute approximate surface area is 250 Å². The van der Waals surface area contributed by atoms with Crippen molar-refractivity contribution in [3.8, 4) is 5.75 Å². The maximum absolute atomic E-state index is 14.0. The molecule has 12 heteroatoms. The standard InChI is InChI=1S/C29H32Cl2FN3O5S/c1-4-27(29(37)33-5-2)34(18-20-7-8-21(30)17-26(20)31)28(36)19-35(23-11-9-22(32)10-12-23)41(38,39)25-15-13-24(14-16-25)40-6-3/h7-17,27H,4-6,18-19H2,1-3H3,(H,33,37)/t27-/m1/s1. The van der Waals surface area contributed by atoms with Crippen LogP contribution in [0.25, 0.3) is 0 Å². The summed E-state index contributed by atoms with van der Waals surface area (Å²) in [6.07, 6.45) is 0.255. The number of carbonyl (C=O) groups is 2. The molecular formula is C29H32Cl2FN3O5S. The van der Waals surface area contributed by atoms with E-state index in [9.17, 15) is 22.4 Å². The normalized spacial score (nSPS) is 12.0. The van der Waals surface area contributed by atoms with E-state index < -0.39 is 40.2 Å². The van der Waals surface area contributed by atoms with Crippen LogP contribution in [0.5, 0.6) is 5.75 Å². The molecule has 0 fully saturated rings. The van der Waals surface area contributed by atoms with Crippen LogP contribution < -0.4 is 14.4 Å². The van der Waals surface area contributed by atoms with Gasteiger partial charge in [0.25, 0.3) is 10.0 Å². The minimum atomic E-state index is -4.31. The monoisotopic (exact) mass is 623 g/mol. The van der Waals surface area contributed by atoms with Crippen molar-refractivity contribution < 1.29 is 27.1 Å². The minimum Gasteiger partial charge on any atom is -0.494 e. The summed E-state index contributed by atoms with van der Waals surface area (Å²) in [5, 5.41) is 3.42. The average Bonchev–Trinajstić information content (AvgIpc) is 2.94. The van der Waals surface area contributed by atoms with Crippen LogP contribution in [-0.2, 0) is 26.2 Å². The van der Waals surface area contributed by atoms with Crippen LogP contribution >= 0.6 is 23.2 Å². The molecule has 0 aliphatic rings. The lowest BCUT2D eigenvalue weighted by atomic mass is 10.1. The number of sulfonamides is 1. The van der Waals surface area contributed by atoms with Crippen molar-refractivity contribution in [2.24, 2.45) is 0 Å². The molecule has 41 heavy (non-hydrogen) atoms. The van der Waals surface area contributed by atoms with E-state index in [2.05, 4.69) is 5.32 Å². The molecule has 2 amide bonds. The second-order valence-electron chi connectivity index (χ2n) is 8.97. The van der Waals surface area contributed by atoms with E-state index in [1.807, 2.05) is 0 Å². The molecule has 0 saturated heterocycles. The van der Waals surface area contributed by atoms with E-state index in [1.165, 1.54) is 47.4 Å². The lowest BCUT2D eigenvalue weighted by Gasteiger charge is -2.33. The van der Waals surface area contributed by atoms with Crippen LogP contribution in [0, 0.1) is 5.82 Å². The van der Waals surface area contributed by atoms with Crippen molar-refractivity contribution in [2.45, 2.75) is 44.7 Å². The minimum absolute atomic E-state index is 0.0733. The van der Waals surface area contributed by atoms with Crippen molar-refractivity contribution in [2.75, 3.05) is 24.0 Å². The molecule has 3 rings (SSSR count). The van der Waals surface area contributed by atoms with Crippen LogP contribution in [0.4, 0.5) is 10.1 Å². The number of ether oxygens (including phenoxy) is 1. The molecular weight excluding hydrogens is 592 g/mol. The van der Waals surface area contributed by atoms with Crippen LogP contribution in [0.3, 0.4) is 0 Å². The van der Waals surface area contributed by atoms with E-state index in [4.69, 9.17) is 27.9 Å². The Morgan fingerprint density at radius 3 is 2.20 bits per heavy atom. The quantitative estimate of drug-likeness (QED) is 0.265. The fourth-order valence-corrected chi connectivity index (χ4v) is 6.07. The lowest BCUT2D eigenvalue weighted by Crippen LogP contribution is -2.52. The number of hydrogen-bond acceptors (Lipinski definition) is 5. The molecule has 0 aromatic heterocycles. The zero-order valence-electron chi connectivity index (χ0n) is 22.9. The summed E-state index contributed by atoms with van der Waals surface area (Å²) in [6.45, 7) is 5.31. The molecule has 0 saturated carbocycles. The lowest BCUT2D eigenvalue weighted by molar-refractivity contribution is -0.140. The second-order valence-corrected chi connectivity index (χ2v) is 11.7. The van der Waals surface area contributed by atoms with Gasteiger partial charge in [-0.1, -0.05) is 36.2 Å². The largest absolute Gasteiger partial charge is 0.494 e. The van der Waals surface area contributed by atoms with Crippen LogP contribution in [0.1, 0.15) is 32.8 Å². The van der Waals surface area contributed by atoms with Gasteiger partial charge in [0.1, 0.15) is 24.2 Å². The summed E-state index contributed by atoms with van der Waals surface area (Å²) in [4.78, 5) is 28.2. The van der Waals surface area contributed by atoms with Gasteiger partial charge in [-0.2, -0.15) is 0 Å². The Morgan fingerprint density at radius 1 is 0.976 bits per heavy atom. The average molecular weight is 625 g/mol. The molecule has 8 nitrogen and oxygen atoms in total. The number of carbonyl (C=O) groups excluding carboxylic acids is 2. The highest BCUT2D eigenvalue weighted by molar-refractivity contribution is 7.92. The molecule has 0 bridgehead atoms. The fourth-order valence-electron chi connectivity index (χ4n) is 4.18. The predicted octanol–water partition coefficient (Wildman–Crippen LogP) is 5.67. The van der Waals surface area contributed by atoms with Gasteiger partial charge in [-0.25, -0.2) is 12.8 Å². The maximum atomic E-state index is 14.0. The highest BCUT2D eigenvalue weighted by atomic mass is 35.5. The molecule has 0 aliphatic carbocycles. The van der Waals surface area contributed by atoms with Gasteiger partial charge in [-0.3, -0.25) is 13.9 Å². The van der Waals surface area contributed by atoms with Crippen molar-refractivity contribution in [3.05, 3.63) is 88.2 Å². The summed E-state index contributed by atoms with van der Waals surface area (Å²) < 4.78 is 47.8. The van der Waals surface area contributed by atoms with Gasteiger partial charge in [-0.05, 0) is 86.5 Å². The van der Waals surface area contributed by atoms with Gasteiger partial charge in [0.05, 0.1) is 17.2 Å². The van der Waals surface area contributed by atoms with Crippen LogP contribution in [0.2, 0.25) is 10.0 Å². The van der Waals surface area contributed by atoms with E-state index >= 15 is 0 Å². The number of hydrogen-bond donors (Lipinski definition) is 1. The molecule has 0 spiro atoms. The SMILES string of the molecule is CCNC(=O)[C@@H](CC)N(Cc1ccc(Cl)cc1Cl)C(=O)CN(c1ccc(F)cc1)S(=O)(=O)c1ccc(OCC)cc1. The number of rotatable bonds is 13. The zero-order chi connectivity index (χ0) is 30.2. The fraction of sp³-hybridized carbons (Fsp3) is 0.310. The summed E-state index contributed by atoms with van der Waals surface area (Å²) in [7, 11) is -4.31. The van der Waals surface area contributed by atoms with Gasteiger partial charge >= 0.3 is 0 Å². The first-order valence-electron chi connectivity index (χ1n) is 13.0. The van der Waals surface area contributed by atoms with E-state index in [1.54, 1.807) is 32.9 Å². The third-order valence-electron chi connectivity index (χ3n) is 6.21. The summed E-state index contributed by atoms with van der Waals surface area (Å²) in [5.74, 6) is -1.14. The Morgan fingerprint density at radius 2 is 1.63 bits per heavy atom. The highest BCUT2D eigenvalue weighted by Gasteiger charge is 2.34. The molecule has 0 heterocycles. The molecule has 220 valence electrons. The Balaban J connectivity index is 2.06. The van der Waals surface area contributed by atoms with Crippen molar-refractivity contribution >= 4 is 50.7 Å². The van der Waals surface area contributed by atoms with Crippen LogP contribution in [0.15, 0.2) is 71.6 Å². The van der Waals surface area contributed by atoms with E-state index in [0.29, 0.717) is 34.5 Å². The highest BCUT2D eigenvalue weighted by Crippen LogP contribution is 2.28. The van der Waals surface area contributed by atoms with Crippen molar-refractivity contribution in [1.29, 1.82) is 0 Å². The third kappa shape index (κ3) is 8.12. The Bertz CT molecular complexity index is 1450. The Kier molecular flexibility index (Phi) is 11.4. The zero-order valence-corrected chi connectivity index (χ0v) is 25.3. The number of amides is 2. The molecule has 0 aliphatic heterocycles. The van der Waals surface area contributed by atoms with Crippen molar-refractivity contribution in [3.63, 3.8) is 0 Å². The first-order chi connectivity index (χ1) is 19.5. The number of benzene rings is 3. The van der Waals surface area contributed by atoms with Gasteiger partial charge in [0.2, 0.25) is 11.8 Å². The number of nitrogens with one attached hydrogen (secondary N) is 1. The molecule has 1 N–H and O–H groups in total. The molecule has 3 aromatic carbocycles. The van der Waals surface area contributed by atoms with E-state index in [-0.39, 0.29) is 23.5 Å². The topological polar surface area (TPSA) is 96.0 Å². The summed E-state index contributed by atoms with van der Waals surface area (Å²) >= 11 is 12.4. The summed E-state index contributed by atoms with van der Waals surface area (Å²) in [5.41, 5.74) is 0.596. The number of likely N-dealkylation sites (N-methyl/N-ethyl adjacent to an activating group) is 1. The van der Waals surface area contributed by atoms with Crippen molar-refractivity contribution in [1.82, 2.24) is 10.2 Å². The van der Waals surface area contributed by atoms with Crippen LogP contribution in [-0.4, -0.2) is 50.9 Å². The molecule has 1 atom stereocenters. The number of nitrogens with zero attached hydrogens (tertiary/aromatic N) is 2. The van der Waals surface area contributed by atoms with E-state index in [0.717, 1.165) is 16.4 Å². The first kappa shape index (κ1) is 32.2. The van der Waals surface area contributed by atoms with Gasteiger partial charge < -0.3 is 15.0 Å². The first-order valence-corrected chi connectivity index (χ1v) is 15.2. The molecule has 0 radical (unpaired) electrons. The van der Waals surface area contributed by atoms with Gasteiger partial charge in [-0.15, -0.1) is 0 Å². The van der Waals surface area contributed by atoms with Gasteiger partial charge in [0.15, 0.2) is 0 Å². The maximum Gasteiger partial charge on any atom is 0.264 e. The summed E-state index contributed by atoms with van der Waals surface area (Å²) in [6, 6.07) is 14.4.